The molecule has 2 aliphatic heterocycles. The molecule has 7 nitrogen and oxygen atoms in total. The van der Waals surface area contributed by atoms with Gasteiger partial charge in [-0.05, 0) is 18.2 Å². The number of amides is 1. The van der Waals surface area contributed by atoms with E-state index in [0.29, 0.717) is 34.5 Å². The van der Waals surface area contributed by atoms with Gasteiger partial charge in [0, 0.05) is 25.0 Å². The van der Waals surface area contributed by atoms with E-state index in [1.807, 2.05) is 24.4 Å². The monoisotopic (exact) mass is 340 g/mol. The van der Waals surface area contributed by atoms with Gasteiger partial charge in [-0.3, -0.25) is 9.80 Å². The average molecular weight is 341 g/mol. The molecular weight excluding hydrogens is 328 g/mol. The van der Waals surface area contributed by atoms with E-state index in [1.165, 1.54) is 0 Å². The summed E-state index contributed by atoms with van der Waals surface area (Å²) < 4.78 is 1.59. The lowest BCUT2D eigenvalue weighted by Gasteiger charge is -2.15. The summed E-state index contributed by atoms with van der Waals surface area (Å²) in [6.45, 7) is 0.406. The predicted molar refractivity (Wildman–Crippen MR) is 91.7 cm³/mol. The lowest BCUT2D eigenvalue weighted by atomic mass is 10.2. The molecule has 0 atom stereocenters. The minimum Gasteiger partial charge on any atom is -0.307 e. The molecule has 1 aromatic carbocycles. The Hall–Kier alpha value is -2.90. The van der Waals surface area contributed by atoms with Crippen LogP contribution in [0.15, 0.2) is 65.2 Å². The number of rotatable bonds is 3. The van der Waals surface area contributed by atoms with Crippen LogP contribution in [0.5, 0.6) is 0 Å². The molecule has 0 bridgehead atoms. The summed E-state index contributed by atoms with van der Waals surface area (Å²) in [5.74, 6) is 0.898. The zero-order valence-electron chi connectivity index (χ0n) is 12.5. The number of aromatic nitrogens is 2. The average Bonchev–Trinajstić information content (AvgIpc) is 3.22. The molecule has 0 fully saturated rings. The topological polar surface area (TPSA) is 74.5 Å². The number of benzene rings is 1. The maximum Gasteiger partial charge on any atom is 0.257 e. The third kappa shape index (κ3) is 2.49. The summed E-state index contributed by atoms with van der Waals surface area (Å²) in [4.78, 5) is 16.9. The lowest BCUT2D eigenvalue weighted by molar-refractivity contribution is -0.112. The molecule has 24 heavy (non-hydrogen) atoms. The van der Waals surface area contributed by atoms with Crippen molar-refractivity contribution in [3.05, 3.63) is 65.2 Å². The molecule has 2 aromatic rings. The van der Waals surface area contributed by atoms with Gasteiger partial charge in [-0.1, -0.05) is 23.7 Å². The summed E-state index contributed by atoms with van der Waals surface area (Å²) in [5, 5.41) is 9.39. The van der Waals surface area contributed by atoms with E-state index in [0.717, 1.165) is 0 Å². The minimum absolute atomic E-state index is 0.235. The van der Waals surface area contributed by atoms with Gasteiger partial charge in [-0.25, -0.2) is 15.1 Å². The standard InChI is InChI=1S/C16H13ClN6O/c17-12-4-1-2-5-13(12)23-14(6-8-19-23)21-16(24)11-10-20-22-9-3-7-18-15(11)22/h1-9,20H,10H2,(H,21,24). The molecule has 8 heteroatoms. The summed E-state index contributed by atoms with van der Waals surface area (Å²) in [6.07, 6.45) is 6.87. The molecule has 0 saturated carbocycles. The Morgan fingerprint density at radius 2 is 2.17 bits per heavy atom. The molecule has 1 aromatic heterocycles. The Morgan fingerprint density at radius 1 is 1.29 bits per heavy atom. The number of hydrazine groups is 1. The van der Waals surface area contributed by atoms with Gasteiger partial charge < -0.3 is 5.32 Å². The number of nitrogens with one attached hydrogen (secondary N) is 2. The molecule has 120 valence electrons. The van der Waals surface area contributed by atoms with Gasteiger partial charge in [-0.15, -0.1) is 0 Å². The van der Waals surface area contributed by atoms with Crippen LogP contribution in [0.4, 0.5) is 5.82 Å². The van der Waals surface area contributed by atoms with Crippen LogP contribution in [0, 0.1) is 0 Å². The second-order valence-electron chi connectivity index (χ2n) is 5.16. The second-order valence-corrected chi connectivity index (χ2v) is 5.57. The second kappa shape index (κ2) is 5.95. The minimum atomic E-state index is -0.235. The van der Waals surface area contributed by atoms with E-state index >= 15 is 0 Å². The first-order valence-corrected chi connectivity index (χ1v) is 7.69. The molecule has 0 radical (unpaired) electrons. The lowest BCUT2D eigenvalue weighted by Crippen LogP contribution is -2.27. The Bertz CT molecular complexity index is 897. The fraction of sp³-hybridized carbons (Fsp3) is 0.0625. The third-order valence-electron chi connectivity index (χ3n) is 3.68. The van der Waals surface area contributed by atoms with E-state index in [4.69, 9.17) is 11.6 Å². The Balaban J connectivity index is 1.63. The highest BCUT2D eigenvalue weighted by Crippen LogP contribution is 2.24. The van der Waals surface area contributed by atoms with Gasteiger partial charge in [0.15, 0.2) is 5.82 Å². The van der Waals surface area contributed by atoms with Crippen molar-refractivity contribution in [2.75, 3.05) is 11.9 Å². The molecule has 2 N–H and O–H groups in total. The summed E-state index contributed by atoms with van der Waals surface area (Å²) in [5.41, 5.74) is 4.33. The zero-order valence-corrected chi connectivity index (χ0v) is 13.2. The van der Waals surface area contributed by atoms with Gasteiger partial charge >= 0.3 is 0 Å². The Labute approximate surface area is 142 Å². The van der Waals surface area contributed by atoms with Gasteiger partial charge in [0.25, 0.3) is 5.91 Å². The van der Waals surface area contributed by atoms with Crippen LogP contribution >= 0.6 is 11.6 Å². The molecule has 2 aliphatic rings. The van der Waals surface area contributed by atoms with Gasteiger partial charge in [0.1, 0.15) is 5.82 Å². The zero-order chi connectivity index (χ0) is 16.5. The predicted octanol–water partition coefficient (Wildman–Crippen LogP) is 2.09. The largest absolute Gasteiger partial charge is 0.307 e. The van der Waals surface area contributed by atoms with E-state index in [9.17, 15) is 4.79 Å². The smallest absolute Gasteiger partial charge is 0.257 e. The van der Waals surface area contributed by atoms with Crippen molar-refractivity contribution in [1.29, 1.82) is 0 Å². The number of hydrogen-bond acceptors (Lipinski definition) is 5. The number of nitrogens with zero attached hydrogens (tertiary/aromatic N) is 4. The SMILES string of the molecule is O=C(Nc1ccnn1-c1ccccc1Cl)C1=C2N=CC=CN2NC1. The number of carbonyl (C=O) groups is 1. The molecule has 0 spiro atoms. The number of allylic oxidation sites excluding steroid dienone is 1. The Morgan fingerprint density at radius 3 is 3.04 bits per heavy atom. The first-order chi connectivity index (χ1) is 11.7. The van der Waals surface area contributed by atoms with Crippen molar-refractivity contribution in [2.24, 2.45) is 4.99 Å². The number of hydrogen-bond donors (Lipinski definition) is 2. The van der Waals surface area contributed by atoms with Crippen LogP contribution in [0.1, 0.15) is 0 Å². The van der Waals surface area contributed by atoms with E-state index in [-0.39, 0.29) is 5.91 Å². The van der Waals surface area contributed by atoms with Crippen LogP contribution < -0.4 is 10.7 Å². The fourth-order valence-electron chi connectivity index (χ4n) is 2.55. The number of para-hydroxylation sites is 1. The molecule has 0 unspecified atom stereocenters. The van der Waals surface area contributed by atoms with Crippen LogP contribution in [0.25, 0.3) is 5.69 Å². The van der Waals surface area contributed by atoms with Crippen LogP contribution in [-0.2, 0) is 4.79 Å². The van der Waals surface area contributed by atoms with E-state index < -0.39 is 0 Å². The highest BCUT2D eigenvalue weighted by molar-refractivity contribution is 6.32. The number of anilines is 1. The first kappa shape index (κ1) is 14.7. The van der Waals surface area contributed by atoms with E-state index in [1.54, 1.807) is 40.3 Å². The normalized spacial score (nSPS) is 15.8. The van der Waals surface area contributed by atoms with Gasteiger partial charge in [-0.2, -0.15) is 5.10 Å². The Kier molecular flexibility index (Phi) is 3.64. The molecule has 4 rings (SSSR count). The molecule has 0 aliphatic carbocycles. The van der Waals surface area contributed by atoms with Crippen molar-refractivity contribution in [3.63, 3.8) is 0 Å². The van der Waals surface area contributed by atoms with Crippen LogP contribution in [0.2, 0.25) is 5.02 Å². The number of aliphatic imine (C=N–C) groups is 1. The number of fused-ring (bicyclic) bond motifs is 1. The van der Waals surface area contributed by atoms with Crippen molar-refractivity contribution in [2.45, 2.75) is 0 Å². The maximum atomic E-state index is 12.6. The third-order valence-corrected chi connectivity index (χ3v) is 4.00. The fourth-order valence-corrected chi connectivity index (χ4v) is 2.77. The molecule has 1 amide bonds. The van der Waals surface area contributed by atoms with Crippen molar-refractivity contribution < 1.29 is 4.79 Å². The summed E-state index contributed by atoms with van der Waals surface area (Å²) in [7, 11) is 0. The highest BCUT2D eigenvalue weighted by atomic mass is 35.5. The first-order valence-electron chi connectivity index (χ1n) is 7.31. The van der Waals surface area contributed by atoms with Crippen molar-refractivity contribution in [3.8, 4) is 5.69 Å². The van der Waals surface area contributed by atoms with Crippen LogP contribution in [-0.4, -0.2) is 33.5 Å². The summed E-state index contributed by atoms with van der Waals surface area (Å²) >= 11 is 6.22. The van der Waals surface area contributed by atoms with Gasteiger partial charge in [0.05, 0.1) is 22.5 Å². The quantitative estimate of drug-likeness (QED) is 0.897. The summed E-state index contributed by atoms with van der Waals surface area (Å²) in [6, 6.07) is 9.03. The van der Waals surface area contributed by atoms with E-state index in [2.05, 4.69) is 20.8 Å². The highest BCUT2D eigenvalue weighted by Gasteiger charge is 2.27. The van der Waals surface area contributed by atoms with Crippen LogP contribution in [0.3, 0.4) is 0 Å². The number of carbonyl (C=O) groups excluding carboxylic acids is 1. The molecule has 0 saturated heterocycles. The maximum absolute atomic E-state index is 12.6. The molecule has 3 heterocycles. The number of halogens is 1. The van der Waals surface area contributed by atoms with Crippen molar-refractivity contribution >= 4 is 29.5 Å². The van der Waals surface area contributed by atoms with Gasteiger partial charge in [0.2, 0.25) is 0 Å². The van der Waals surface area contributed by atoms with Crippen molar-refractivity contribution in [1.82, 2.24) is 20.2 Å². The molecular formula is C16H13ClN6O.